The minimum atomic E-state index is -1.01. The van der Waals surface area contributed by atoms with E-state index in [0.29, 0.717) is 6.54 Å². The zero-order chi connectivity index (χ0) is 10.0. The molecule has 1 N–H and O–H groups in total. The fourth-order valence-corrected chi connectivity index (χ4v) is 1.25. The fraction of sp³-hybridized carbons (Fsp3) is 0.750. The van der Waals surface area contributed by atoms with Crippen molar-refractivity contribution in [1.82, 2.24) is 4.90 Å². The lowest BCUT2D eigenvalue weighted by atomic mass is 10.2. The highest BCUT2D eigenvalue weighted by Gasteiger charge is 2.37. The molecule has 1 rings (SSSR count). The molecule has 0 aliphatic carbocycles. The number of aliphatic carboxylic acids is 1. The van der Waals surface area contributed by atoms with Crippen LogP contribution in [0.5, 0.6) is 0 Å². The van der Waals surface area contributed by atoms with E-state index in [2.05, 4.69) is 4.74 Å². The fourth-order valence-electron chi connectivity index (χ4n) is 1.25. The summed E-state index contributed by atoms with van der Waals surface area (Å²) < 4.78 is 4.65. The maximum Gasteiger partial charge on any atom is 0.410 e. The van der Waals surface area contributed by atoms with Crippen molar-refractivity contribution in [1.29, 1.82) is 0 Å². The van der Waals surface area contributed by atoms with Gasteiger partial charge in [0.15, 0.2) is 6.04 Å². The molecule has 1 aliphatic heterocycles. The van der Waals surface area contributed by atoms with Crippen LogP contribution < -0.4 is 0 Å². The van der Waals surface area contributed by atoms with E-state index in [9.17, 15) is 9.59 Å². The van der Waals surface area contributed by atoms with Gasteiger partial charge in [-0.15, -0.1) is 0 Å². The monoisotopic (exact) mass is 187 g/mol. The second-order valence-corrected chi connectivity index (χ2v) is 3.48. The Hall–Kier alpha value is -1.26. The van der Waals surface area contributed by atoms with Crippen LogP contribution in [0.3, 0.4) is 0 Å². The molecule has 1 aliphatic rings. The molecular weight excluding hydrogens is 174 g/mol. The molecule has 1 unspecified atom stereocenters. The van der Waals surface area contributed by atoms with Gasteiger partial charge in [-0.2, -0.15) is 0 Å². The van der Waals surface area contributed by atoms with Crippen LogP contribution in [0.25, 0.3) is 0 Å². The first-order chi connectivity index (χ1) is 6.02. The average molecular weight is 187 g/mol. The summed E-state index contributed by atoms with van der Waals surface area (Å²) in [6, 6.07) is -0.810. The van der Waals surface area contributed by atoms with E-state index in [1.54, 1.807) is 0 Å². The Labute approximate surface area is 76.3 Å². The summed E-state index contributed by atoms with van der Waals surface area (Å²) in [5.74, 6) is -0.765. The van der Waals surface area contributed by atoms with Crippen molar-refractivity contribution >= 4 is 12.1 Å². The van der Waals surface area contributed by atoms with Crippen LogP contribution in [0.15, 0.2) is 0 Å². The number of nitrogens with zero attached hydrogens (tertiary/aromatic N) is 1. The Balaban J connectivity index is 2.65. The maximum atomic E-state index is 11.1. The molecule has 1 fully saturated rings. The highest BCUT2D eigenvalue weighted by molar-refractivity contribution is 5.82. The number of carbonyl (C=O) groups is 2. The number of hydrogen-bond acceptors (Lipinski definition) is 3. The molecule has 13 heavy (non-hydrogen) atoms. The lowest BCUT2D eigenvalue weighted by molar-refractivity contribution is -0.141. The van der Waals surface area contributed by atoms with Gasteiger partial charge in [0.05, 0.1) is 0 Å². The molecule has 1 amide bonds. The number of cyclic esters (lactones) is 1. The SMILES string of the molecule is CC(C)CN1C(=O)OCC1C(=O)O. The van der Waals surface area contributed by atoms with Gasteiger partial charge in [0.1, 0.15) is 6.61 Å². The third kappa shape index (κ3) is 2.11. The number of hydrogen-bond donors (Lipinski definition) is 1. The quantitative estimate of drug-likeness (QED) is 0.700. The molecule has 0 bridgehead atoms. The summed E-state index contributed by atoms with van der Waals surface area (Å²) in [6.07, 6.45) is -0.527. The Kier molecular flexibility index (Phi) is 2.75. The van der Waals surface area contributed by atoms with E-state index in [4.69, 9.17) is 5.11 Å². The minimum Gasteiger partial charge on any atom is -0.480 e. The summed E-state index contributed by atoms with van der Waals surface area (Å²) in [4.78, 5) is 23.0. The van der Waals surface area contributed by atoms with Gasteiger partial charge in [-0.25, -0.2) is 9.59 Å². The first kappa shape index (κ1) is 9.83. The zero-order valence-corrected chi connectivity index (χ0v) is 7.69. The van der Waals surface area contributed by atoms with Gasteiger partial charge in [-0.05, 0) is 5.92 Å². The average Bonchev–Trinajstić information content (AvgIpc) is 2.32. The summed E-state index contributed by atoms with van der Waals surface area (Å²) in [5, 5.41) is 8.74. The normalized spacial score (nSPS) is 22.2. The summed E-state index contributed by atoms with van der Waals surface area (Å²) in [6.45, 7) is 4.23. The first-order valence-electron chi connectivity index (χ1n) is 4.18. The minimum absolute atomic E-state index is 0.0408. The lowest BCUT2D eigenvalue weighted by Crippen LogP contribution is -2.41. The van der Waals surface area contributed by atoms with Gasteiger partial charge in [0, 0.05) is 6.54 Å². The molecular formula is C8H13NO4. The number of rotatable bonds is 3. The van der Waals surface area contributed by atoms with Gasteiger partial charge < -0.3 is 9.84 Å². The number of ether oxygens (including phenoxy) is 1. The molecule has 5 heteroatoms. The highest BCUT2D eigenvalue weighted by Crippen LogP contribution is 2.14. The Morgan fingerprint density at radius 2 is 2.38 bits per heavy atom. The van der Waals surface area contributed by atoms with E-state index in [1.165, 1.54) is 4.90 Å². The summed E-state index contributed by atoms with van der Waals surface area (Å²) >= 11 is 0. The first-order valence-corrected chi connectivity index (χ1v) is 4.18. The molecule has 5 nitrogen and oxygen atoms in total. The van der Waals surface area contributed by atoms with Crippen molar-refractivity contribution in [3.63, 3.8) is 0 Å². The molecule has 1 saturated heterocycles. The van der Waals surface area contributed by atoms with E-state index < -0.39 is 18.1 Å². The topological polar surface area (TPSA) is 66.8 Å². The van der Waals surface area contributed by atoms with Gasteiger partial charge in [0.25, 0.3) is 0 Å². The van der Waals surface area contributed by atoms with Crippen LogP contribution in [0, 0.1) is 5.92 Å². The number of carbonyl (C=O) groups excluding carboxylic acids is 1. The van der Waals surface area contributed by atoms with Gasteiger partial charge in [0.2, 0.25) is 0 Å². The number of carboxylic acid groups (broad SMARTS) is 1. The molecule has 0 aromatic heterocycles. The van der Waals surface area contributed by atoms with Gasteiger partial charge in [-0.3, -0.25) is 4.90 Å². The van der Waals surface area contributed by atoms with E-state index in [1.807, 2.05) is 13.8 Å². The van der Waals surface area contributed by atoms with Crippen LogP contribution in [0.4, 0.5) is 4.79 Å². The molecule has 0 saturated carbocycles. The van der Waals surface area contributed by atoms with Gasteiger partial charge in [-0.1, -0.05) is 13.8 Å². The third-order valence-corrected chi connectivity index (χ3v) is 1.82. The molecule has 0 aromatic carbocycles. The standard InChI is InChI=1S/C8H13NO4/c1-5(2)3-9-6(7(10)11)4-13-8(9)12/h5-6H,3-4H2,1-2H3,(H,10,11). The number of amides is 1. The third-order valence-electron chi connectivity index (χ3n) is 1.82. The maximum absolute atomic E-state index is 11.1. The molecule has 0 radical (unpaired) electrons. The van der Waals surface area contributed by atoms with Gasteiger partial charge >= 0.3 is 12.1 Å². The Morgan fingerprint density at radius 3 is 2.85 bits per heavy atom. The van der Waals surface area contributed by atoms with Crippen molar-refractivity contribution < 1.29 is 19.4 Å². The van der Waals surface area contributed by atoms with E-state index >= 15 is 0 Å². The Morgan fingerprint density at radius 1 is 1.77 bits per heavy atom. The molecule has 0 spiro atoms. The van der Waals surface area contributed by atoms with Crippen LogP contribution in [-0.4, -0.2) is 41.3 Å². The molecule has 1 heterocycles. The van der Waals surface area contributed by atoms with Crippen LogP contribution in [-0.2, 0) is 9.53 Å². The Bertz CT molecular complexity index is 226. The van der Waals surface area contributed by atoms with E-state index in [-0.39, 0.29) is 12.5 Å². The summed E-state index contributed by atoms with van der Waals surface area (Å²) in [7, 11) is 0. The van der Waals surface area contributed by atoms with Crippen molar-refractivity contribution in [3.8, 4) is 0 Å². The lowest BCUT2D eigenvalue weighted by Gasteiger charge is -2.19. The van der Waals surface area contributed by atoms with Crippen LogP contribution in [0.1, 0.15) is 13.8 Å². The largest absolute Gasteiger partial charge is 0.480 e. The van der Waals surface area contributed by atoms with E-state index in [0.717, 1.165) is 0 Å². The van der Waals surface area contributed by atoms with Crippen molar-refractivity contribution in [2.24, 2.45) is 5.92 Å². The summed E-state index contributed by atoms with van der Waals surface area (Å²) in [5.41, 5.74) is 0. The molecule has 0 aromatic rings. The van der Waals surface area contributed by atoms with Crippen molar-refractivity contribution in [3.05, 3.63) is 0 Å². The van der Waals surface area contributed by atoms with Crippen molar-refractivity contribution in [2.75, 3.05) is 13.2 Å². The smallest absolute Gasteiger partial charge is 0.410 e. The van der Waals surface area contributed by atoms with Crippen molar-refractivity contribution in [2.45, 2.75) is 19.9 Å². The number of carboxylic acids is 1. The predicted molar refractivity (Wildman–Crippen MR) is 44.3 cm³/mol. The predicted octanol–water partition coefficient (Wildman–Crippen LogP) is 0.548. The molecule has 1 atom stereocenters. The molecule has 74 valence electrons. The van der Waals surface area contributed by atoms with Crippen LogP contribution in [0.2, 0.25) is 0 Å². The van der Waals surface area contributed by atoms with Crippen LogP contribution >= 0.6 is 0 Å². The highest BCUT2D eigenvalue weighted by atomic mass is 16.6. The zero-order valence-electron chi connectivity index (χ0n) is 7.69. The second-order valence-electron chi connectivity index (χ2n) is 3.48. The second kappa shape index (κ2) is 3.64.